The van der Waals surface area contributed by atoms with E-state index in [1.54, 1.807) is 13.8 Å². The molecule has 0 spiro atoms. The smallest absolute Gasteiger partial charge is 0.422 e. The number of nitrogens with one attached hydrogen (secondary N) is 1. The van der Waals surface area contributed by atoms with Crippen LogP contribution < -0.4 is 10.1 Å². The van der Waals surface area contributed by atoms with E-state index in [9.17, 15) is 32.7 Å². The molecule has 0 atom stereocenters. The Morgan fingerprint density at radius 1 is 1.23 bits per heavy atom. The highest BCUT2D eigenvalue weighted by atomic mass is 19.4. The van der Waals surface area contributed by atoms with Crippen LogP contribution in [0.15, 0.2) is 35.6 Å². The summed E-state index contributed by atoms with van der Waals surface area (Å²) in [7, 11) is 0. The van der Waals surface area contributed by atoms with Crippen molar-refractivity contribution in [1.82, 2.24) is 10.2 Å². The molecule has 0 bridgehead atoms. The molecule has 0 radical (unpaired) electrons. The van der Waals surface area contributed by atoms with Gasteiger partial charge < -0.3 is 25.2 Å². The standard InChI is InChI=1S/C19H21F3N2O6/c1-18(2)7-13(25)15(16(28)23-8-14(26)27)17(29)24(18)9-11-3-5-12(6-4-11)30-10-19(20,21)22/h3-6,25H,7-10H2,1-2H3,(H,23,28)(H,26,27). The number of carboxylic acid groups (broad SMARTS) is 1. The summed E-state index contributed by atoms with van der Waals surface area (Å²) >= 11 is 0. The highest BCUT2D eigenvalue weighted by Crippen LogP contribution is 2.33. The van der Waals surface area contributed by atoms with Crippen molar-refractivity contribution in [3.63, 3.8) is 0 Å². The minimum absolute atomic E-state index is 0.00610. The van der Waals surface area contributed by atoms with Crippen molar-refractivity contribution in [3.05, 3.63) is 41.2 Å². The fraction of sp³-hybridized carbons (Fsp3) is 0.421. The van der Waals surface area contributed by atoms with Crippen LogP contribution in [-0.2, 0) is 20.9 Å². The van der Waals surface area contributed by atoms with Gasteiger partial charge in [-0.2, -0.15) is 13.2 Å². The summed E-state index contributed by atoms with van der Waals surface area (Å²) in [6, 6.07) is 5.63. The Morgan fingerprint density at radius 2 is 1.83 bits per heavy atom. The molecule has 0 saturated heterocycles. The average molecular weight is 430 g/mol. The first-order valence-corrected chi connectivity index (χ1v) is 8.83. The highest BCUT2D eigenvalue weighted by molar-refractivity contribution is 6.19. The first-order chi connectivity index (χ1) is 13.8. The van der Waals surface area contributed by atoms with Crippen LogP contribution in [0.2, 0.25) is 0 Å². The zero-order valence-corrected chi connectivity index (χ0v) is 16.2. The van der Waals surface area contributed by atoms with Crippen LogP contribution in [0.4, 0.5) is 13.2 Å². The number of halogens is 3. The molecule has 0 fully saturated rings. The number of amides is 2. The van der Waals surface area contributed by atoms with Crippen molar-refractivity contribution in [1.29, 1.82) is 0 Å². The molecule has 11 heteroatoms. The molecular formula is C19H21F3N2O6. The van der Waals surface area contributed by atoms with Gasteiger partial charge in [-0.3, -0.25) is 14.4 Å². The van der Waals surface area contributed by atoms with E-state index in [1.807, 2.05) is 5.32 Å². The zero-order valence-electron chi connectivity index (χ0n) is 16.2. The lowest BCUT2D eigenvalue weighted by Gasteiger charge is -2.42. The molecule has 3 N–H and O–H groups in total. The van der Waals surface area contributed by atoms with E-state index in [-0.39, 0.29) is 18.7 Å². The van der Waals surface area contributed by atoms with E-state index in [4.69, 9.17) is 5.11 Å². The Morgan fingerprint density at radius 3 is 2.37 bits per heavy atom. The van der Waals surface area contributed by atoms with E-state index in [2.05, 4.69) is 4.74 Å². The number of rotatable bonds is 7. The van der Waals surface area contributed by atoms with Gasteiger partial charge in [-0.05, 0) is 31.5 Å². The molecule has 164 valence electrons. The molecule has 1 aliphatic heterocycles. The third kappa shape index (κ3) is 5.88. The van der Waals surface area contributed by atoms with Crippen LogP contribution in [-0.4, -0.2) is 57.8 Å². The fourth-order valence-electron chi connectivity index (χ4n) is 2.92. The third-order valence-corrected chi connectivity index (χ3v) is 4.37. The second-order valence-electron chi connectivity index (χ2n) is 7.33. The largest absolute Gasteiger partial charge is 0.511 e. The average Bonchev–Trinajstić information content (AvgIpc) is 2.61. The summed E-state index contributed by atoms with van der Waals surface area (Å²) in [6.45, 7) is 1.21. The summed E-state index contributed by atoms with van der Waals surface area (Å²) in [4.78, 5) is 37.0. The normalized spacial score (nSPS) is 16.4. The van der Waals surface area contributed by atoms with Crippen LogP contribution >= 0.6 is 0 Å². The number of benzene rings is 1. The van der Waals surface area contributed by atoms with Crippen LogP contribution in [0.25, 0.3) is 0 Å². The van der Waals surface area contributed by atoms with Gasteiger partial charge in [-0.15, -0.1) is 0 Å². The lowest BCUT2D eigenvalue weighted by molar-refractivity contribution is -0.153. The number of hydrogen-bond acceptors (Lipinski definition) is 5. The number of hydrogen-bond donors (Lipinski definition) is 3. The number of nitrogens with zero attached hydrogens (tertiary/aromatic N) is 1. The molecule has 1 aliphatic rings. The lowest BCUT2D eigenvalue weighted by atomic mass is 9.88. The predicted octanol–water partition coefficient (Wildman–Crippen LogP) is 2.15. The molecule has 0 saturated carbocycles. The third-order valence-electron chi connectivity index (χ3n) is 4.37. The van der Waals surface area contributed by atoms with E-state index in [0.29, 0.717) is 5.56 Å². The topological polar surface area (TPSA) is 116 Å². The first-order valence-electron chi connectivity index (χ1n) is 8.83. The Labute approximate surface area is 169 Å². The molecule has 30 heavy (non-hydrogen) atoms. The molecule has 0 unspecified atom stereocenters. The van der Waals surface area contributed by atoms with Crippen molar-refractivity contribution in [2.75, 3.05) is 13.2 Å². The van der Waals surface area contributed by atoms with Crippen LogP contribution in [0.1, 0.15) is 25.8 Å². The van der Waals surface area contributed by atoms with Gasteiger partial charge in [0.15, 0.2) is 6.61 Å². The molecular weight excluding hydrogens is 409 g/mol. The number of carbonyl (C=O) groups is 3. The summed E-state index contributed by atoms with van der Waals surface area (Å²) in [5.41, 5.74) is -0.855. The lowest BCUT2D eigenvalue weighted by Crippen LogP contribution is -2.53. The Balaban J connectivity index is 2.17. The molecule has 2 amide bonds. The number of carbonyl (C=O) groups excluding carboxylic acids is 2. The number of ether oxygens (including phenoxy) is 1. The van der Waals surface area contributed by atoms with Crippen molar-refractivity contribution in [2.45, 2.75) is 38.5 Å². The van der Waals surface area contributed by atoms with Gasteiger partial charge in [0.25, 0.3) is 11.8 Å². The Kier molecular flexibility index (Phi) is 6.63. The molecule has 1 aromatic rings. The van der Waals surface area contributed by atoms with Crippen LogP contribution in [0.5, 0.6) is 5.75 Å². The van der Waals surface area contributed by atoms with E-state index in [1.165, 1.54) is 29.2 Å². The van der Waals surface area contributed by atoms with Gasteiger partial charge in [0.1, 0.15) is 23.6 Å². The van der Waals surface area contributed by atoms with Crippen molar-refractivity contribution in [3.8, 4) is 5.75 Å². The monoisotopic (exact) mass is 430 g/mol. The molecule has 1 heterocycles. The predicted molar refractivity (Wildman–Crippen MR) is 97.5 cm³/mol. The number of aliphatic hydroxyl groups excluding tert-OH is 1. The van der Waals surface area contributed by atoms with Crippen molar-refractivity contribution >= 4 is 17.8 Å². The van der Waals surface area contributed by atoms with Gasteiger partial charge in [-0.25, -0.2) is 0 Å². The number of carboxylic acids is 1. The van der Waals surface area contributed by atoms with Gasteiger partial charge in [-0.1, -0.05) is 12.1 Å². The Hall–Kier alpha value is -3.24. The van der Waals surface area contributed by atoms with Gasteiger partial charge >= 0.3 is 12.1 Å². The molecule has 1 aromatic carbocycles. The van der Waals surface area contributed by atoms with E-state index in [0.717, 1.165) is 0 Å². The second-order valence-corrected chi connectivity index (χ2v) is 7.33. The van der Waals surface area contributed by atoms with Gasteiger partial charge in [0, 0.05) is 18.5 Å². The number of aliphatic carboxylic acids is 1. The summed E-state index contributed by atoms with van der Waals surface area (Å²) < 4.78 is 41.3. The highest BCUT2D eigenvalue weighted by Gasteiger charge is 2.42. The SMILES string of the molecule is CC1(C)CC(O)=C(C(=O)NCC(=O)O)C(=O)N1Cc1ccc(OCC(F)(F)F)cc1. The van der Waals surface area contributed by atoms with E-state index < -0.39 is 54.0 Å². The van der Waals surface area contributed by atoms with Crippen molar-refractivity contribution in [2.24, 2.45) is 0 Å². The summed E-state index contributed by atoms with van der Waals surface area (Å²) in [6.07, 6.45) is -4.50. The van der Waals surface area contributed by atoms with Gasteiger partial charge in [0.2, 0.25) is 0 Å². The summed E-state index contributed by atoms with van der Waals surface area (Å²) in [5.74, 6) is -3.54. The molecule has 0 aromatic heterocycles. The minimum Gasteiger partial charge on any atom is -0.511 e. The van der Waals surface area contributed by atoms with Crippen LogP contribution in [0.3, 0.4) is 0 Å². The van der Waals surface area contributed by atoms with Crippen LogP contribution in [0, 0.1) is 0 Å². The second kappa shape index (κ2) is 8.64. The number of alkyl halides is 3. The van der Waals surface area contributed by atoms with E-state index >= 15 is 0 Å². The van der Waals surface area contributed by atoms with Gasteiger partial charge in [0.05, 0.1) is 0 Å². The minimum atomic E-state index is -4.46. The maximum atomic E-state index is 12.9. The fourth-order valence-corrected chi connectivity index (χ4v) is 2.92. The Bertz CT molecular complexity index is 862. The first kappa shape index (κ1) is 23.0. The maximum absolute atomic E-state index is 12.9. The maximum Gasteiger partial charge on any atom is 0.422 e. The summed E-state index contributed by atoms with van der Waals surface area (Å²) in [5, 5.41) is 20.9. The number of aliphatic hydroxyl groups is 1. The molecule has 8 nitrogen and oxygen atoms in total. The molecule has 0 aliphatic carbocycles. The zero-order chi connectivity index (χ0) is 22.7. The van der Waals surface area contributed by atoms with Crippen molar-refractivity contribution < 1.29 is 42.5 Å². The molecule has 2 rings (SSSR count). The quantitative estimate of drug-likeness (QED) is 0.571.